The number of benzene rings is 1. The predicted octanol–water partition coefficient (Wildman–Crippen LogP) is 3.78. The van der Waals surface area contributed by atoms with Gasteiger partial charge in [0.2, 0.25) is 5.79 Å². The molecule has 3 heterocycles. The molecule has 0 amide bonds. The number of carbonyl (C=O) groups is 1. The van der Waals surface area contributed by atoms with Gasteiger partial charge in [-0.3, -0.25) is 4.98 Å². The maximum Gasteiger partial charge on any atom is 0.346 e. The molecule has 0 saturated carbocycles. The van der Waals surface area contributed by atoms with Crippen molar-refractivity contribution in [1.29, 1.82) is 0 Å². The molecular weight excluding hydrogens is 282 g/mol. The second-order valence-corrected chi connectivity index (χ2v) is 5.60. The molecule has 0 saturated heterocycles. The number of aromatic nitrogens is 1. The summed E-state index contributed by atoms with van der Waals surface area (Å²) >= 11 is 0. The number of para-hydroxylation sites is 1. The summed E-state index contributed by atoms with van der Waals surface area (Å²) in [5, 5.41) is 0.965. The fourth-order valence-corrected chi connectivity index (χ4v) is 2.56. The van der Waals surface area contributed by atoms with E-state index in [0.717, 1.165) is 16.5 Å². The second kappa shape index (κ2) is 4.34. The Labute approximate surface area is 126 Å². The van der Waals surface area contributed by atoms with Crippen molar-refractivity contribution in [3.8, 4) is 17.0 Å². The molecule has 0 N–H and O–H groups in total. The Morgan fingerprint density at radius 1 is 1.09 bits per heavy atom. The van der Waals surface area contributed by atoms with Crippen LogP contribution in [0.3, 0.4) is 0 Å². The molecule has 110 valence electrons. The number of rotatable bonds is 1. The molecule has 1 aromatic carbocycles. The highest BCUT2D eigenvalue weighted by atomic mass is 16.7. The fourth-order valence-electron chi connectivity index (χ4n) is 2.56. The van der Waals surface area contributed by atoms with Crippen molar-refractivity contribution in [1.82, 2.24) is 4.98 Å². The monoisotopic (exact) mass is 295 g/mol. The number of ether oxygens (including phenoxy) is 2. The highest BCUT2D eigenvalue weighted by Gasteiger charge is 2.34. The Morgan fingerprint density at radius 2 is 1.91 bits per heavy atom. The zero-order valence-electron chi connectivity index (χ0n) is 12.1. The maximum atomic E-state index is 12.0. The van der Waals surface area contributed by atoms with Crippen LogP contribution in [-0.4, -0.2) is 16.7 Å². The zero-order valence-corrected chi connectivity index (χ0v) is 12.1. The largest absolute Gasteiger partial charge is 0.464 e. The van der Waals surface area contributed by atoms with Gasteiger partial charge in [0.1, 0.15) is 23.2 Å². The van der Waals surface area contributed by atoms with Gasteiger partial charge in [-0.2, -0.15) is 0 Å². The van der Waals surface area contributed by atoms with Gasteiger partial charge in [0, 0.05) is 37.1 Å². The molecule has 0 aliphatic carbocycles. The van der Waals surface area contributed by atoms with Crippen molar-refractivity contribution >= 4 is 16.9 Å². The standard InChI is InChI=1S/C17H13NO4/c1-17(2)21-15-7-13(18-8-11(15)16(19)22-17)12-9-20-14-6-4-3-5-10(12)14/h3-9H,1-2H3. The summed E-state index contributed by atoms with van der Waals surface area (Å²) < 4.78 is 16.4. The van der Waals surface area contributed by atoms with Gasteiger partial charge in [0.15, 0.2) is 0 Å². The number of esters is 1. The van der Waals surface area contributed by atoms with Gasteiger partial charge in [0.05, 0.1) is 5.69 Å². The Bertz CT molecular complexity index is 895. The molecule has 0 fully saturated rings. The highest BCUT2D eigenvalue weighted by Crippen LogP contribution is 2.36. The van der Waals surface area contributed by atoms with E-state index in [1.54, 1.807) is 26.2 Å². The predicted molar refractivity (Wildman–Crippen MR) is 79.6 cm³/mol. The number of hydrogen-bond donors (Lipinski definition) is 0. The van der Waals surface area contributed by atoms with Crippen LogP contribution in [0.1, 0.15) is 24.2 Å². The molecular formula is C17H13NO4. The number of nitrogens with zero attached hydrogens (tertiary/aromatic N) is 1. The van der Waals surface area contributed by atoms with Gasteiger partial charge in [-0.15, -0.1) is 0 Å². The number of carbonyl (C=O) groups excluding carboxylic acids is 1. The van der Waals surface area contributed by atoms with Crippen LogP contribution in [0, 0.1) is 0 Å². The van der Waals surface area contributed by atoms with Crippen molar-refractivity contribution in [2.75, 3.05) is 0 Å². The summed E-state index contributed by atoms with van der Waals surface area (Å²) in [5.74, 6) is -0.944. The molecule has 0 atom stereocenters. The number of hydrogen-bond acceptors (Lipinski definition) is 5. The number of furan rings is 1. The summed E-state index contributed by atoms with van der Waals surface area (Å²) in [4.78, 5) is 16.3. The fraction of sp³-hybridized carbons (Fsp3) is 0.176. The summed E-state index contributed by atoms with van der Waals surface area (Å²) in [6.07, 6.45) is 3.13. The van der Waals surface area contributed by atoms with Gasteiger partial charge in [-0.05, 0) is 6.07 Å². The smallest absolute Gasteiger partial charge is 0.346 e. The van der Waals surface area contributed by atoms with E-state index in [0.29, 0.717) is 17.0 Å². The van der Waals surface area contributed by atoms with E-state index in [9.17, 15) is 4.79 Å². The average molecular weight is 295 g/mol. The summed E-state index contributed by atoms with van der Waals surface area (Å²) in [6.45, 7) is 3.39. The third-order valence-corrected chi connectivity index (χ3v) is 3.54. The highest BCUT2D eigenvalue weighted by molar-refractivity contribution is 5.96. The van der Waals surface area contributed by atoms with Crippen LogP contribution in [-0.2, 0) is 4.74 Å². The van der Waals surface area contributed by atoms with E-state index < -0.39 is 11.8 Å². The molecule has 0 bridgehead atoms. The number of cyclic esters (lactones) is 1. The van der Waals surface area contributed by atoms with E-state index >= 15 is 0 Å². The normalized spacial score (nSPS) is 16.0. The van der Waals surface area contributed by atoms with Crippen molar-refractivity contribution in [3.63, 3.8) is 0 Å². The molecule has 4 rings (SSSR count). The lowest BCUT2D eigenvalue weighted by Gasteiger charge is -2.31. The van der Waals surface area contributed by atoms with Gasteiger partial charge in [-0.1, -0.05) is 18.2 Å². The minimum absolute atomic E-state index is 0.330. The first kappa shape index (κ1) is 12.9. The van der Waals surface area contributed by atoms with E-state index in [4.69, 9.17) is 13.9 Å². The molecule has 2 aromatic heterocycles. The first-order valence-corrected chi connectivity index (χ1v) is 6.92. The Balaban J connectivity index is 1.86. The summed E-state index contributed by atoms with van der Waals surface area (Å²) in [7, 11) is 0. The van der Waals surface area contributed by atoms with E-state index in [1.165, 1.54) is 6.20 Å². The maximum absolute atomic E-state index is 12.0. The Hall–Kier alpha value is -2.82. The zero-order chi connectivity index (χ0) is 15.3. The summed E-state index contributed by atoms with van der Waals surface area (Å²) in [6, 6.07) is 9.46. The topological polar surface area (TPSA) is 61.6 Å². The summed E-state index contributed by atoms with van der Waals surface area (Å²) in [5.41, 5.74) is 2.67. The second-order valence-electron chi connectivity index (χ2n) is 5.60. The third kappa shape index (κ3) is 1.94. The molecule has 0 unspecified atom stereocenters. The first-order chi connectivity index (χ1) is 10.5. The lowest BCUT2D eigenvalue weighted by Crippen LogP contribution is -2.38. The lowest BCUT2D eigenvalue weighted by atomic mass is 10.1. The third-order valence-electron chi connectivity index (χ3n) is 3.54. The van der Waals surface area contributed by atoms with Crippen LogP contribution in [0.5, 0.6) is 5.75 Å². The van der Waals surface area contributed by atoms with Gasteiger partial charge >= 0.3 is 5.97 Å². The molecule has 1 aliphatic rings. The van der Waals surface area contributed by atoms with Gasteiger partial charge in [-0.25, -0.2) is 4.79 Å². The minimum Gasteiger partial charge on any atom is -0.464 e. The molecule has 3 aromatic rings. The van der Waals surface area contributed by atoms with Gasteiger partial charge in [0.25, 0.3) is 0 Å². The van der Waals surface area contributed by atoms with Crippen LogP contribution < -0.4 is 4.74 Å². The Kier molecular flexibility index (Phi) is 2.54. The molecule has 5 heteroatoms. The SMILES string of the molecule is CC1(C)OC(=O)c2cnc(-c3coc4ccccc34)cc2O1. The molecule has 5 nitrogen and oxygen atoms in total. The van der Waals surface area contributed by atoms with Crippen LogP contribution in [0.2, 0.25) is 0 Å². The van der Waals surface area contributed by atoms with Crippen LogP contribution in [0.4, 0.5) is 0 Å². The molecule has 22 heavy (non-hydrogen) atoms. The molecule has 0 radical (unpaired) electrons. The van der Waals surface area contributed by atoms with Crippen molar-refractivity contribution in [3.05, 3.63) is 48.4 Å². The van der Waals surface area contributed by atoms with Crippen LogP contribution >= 0.6 is 0 Å². The number of pyridine rings is 1. The van der Waals surface area contributed by atoms with Crippen LogP contribution in [0.25, 0.3) is 22.2 Å². The molecule has 1 aliphatic heterocycles. The average Bonchev–Trinajstić information content (AvgIpc) is 2.89. The van der Waals surface area contributed by atoms with E-state index in [2.05, 4.69) is 4.98 Å². The lowest BCUT2D eigenvalue weighted by molar-refractivity contribution is -0.127. The Morgan fingerprint density at radius 3 is 2.77 bits per heavy atom. The first-order valence-electron chi connectivity index (χ1n) is 6.92. The quantitative estimate of drug-likeness (QED) is 0.639. The van der Waals surface area contributed by atoms with E-state index in [-0.39, 0.29) is 0 Å². The van der Waals surface area contributed by atoms with Gasteiger partial charge < -0.3 is 13.9 Å². The number of fused-ring (bicyclic) bond motifs is 2. The van der Waals surface area contributed by atoms with Crippen molar-refractivity contribution < 1.29 is 18.7 Å². The minimum atomic E-state index is -0.985. The van der Waals surface area contributed by atoms with Crippen molar-refractivity contribution in [2.24, 2.45) is 0 Å². The molecule has 0 spiro atoms. The van der Waals surface area contributed by atoms with E-state index in [1.807, 2.05) is 24.3 Å². The van der Waals surface area contributed by atoms with Crippen molar-refractivity contribution in [2.45, 2.75) is 19.6 Å². The van der Waals surface area contributed by atoms with Crippen LogP contribution in [0.15, 0.2) is 47.2 Å².